The van der Waals surface area contributed by atoms with Gasteiger partial charge in [-0.2, -0.15) is 0 Å². The molecule has 1 amide bonds. The van der Waals surface area contributed by atoms with E-state index in [0.29, 0.717) is 17.2 Å². The predicted octanol–water partition coefficient (Wildman–Crippen LogP) is 4.04. The number of amides is 1. The number of rotatable bonds is 5. The van der Waals surface area contributed by atoms with Crippen molar-refractivity contribution in [2.75, 3.05) is 5.32 Å². The Kier molecular flexibility index (Phi) is 4.84. The average Bonchev–Trinajstić information content (AvgIpc) is 3.19. The third-order valence-corrected chi connectivity index (χ3v) is 4.26. The number of hydrogen-bond acceptors (Lipinski definition) is 6. The zero-order valence-electron chi connectivity index (χ0n) is 13.2. The Morgan fingerprint density at radius 1 is 1.24 bits per heavy atom. The number of halogens is 2. The number of anilines is 1. The summed E-state index contributed by atoms with van der Waals surface area (Å²) in [5, 5.41) is 9.92. The Balaban J connectivity index is 1.64. The van der Waals surface area contributed by atoms with Crippen LogP contribution in [-0.2, 0) is 4.79 Å². The van der Waals surface area contributed by atoms with Crippen LogP contribution in [-0.4, -0.2) is 21.4 Å². The van der Waals surface area contributed by atoms with Crippen LogP contribution in [0.3, 0.4) is 0 Å². The highest BCUT2D eigenvalue weighted by molar-refractivity contribution is 8.00. The minimum absolute atomic E-state index is 0.164. The molecule has 2 aromatic heterocycles. The Morgan fingerprint density at radius 3 is 2.72 bits per heavy atom. The van der Waals surface area contributed by atoms with E-state index in [0.717, 1.165) is 23.9 Å². The van der Waals surface area contributed by atoms with E-state index < -0.39 is 22.8 Å². The van der Waals surface area contributed by atoms with Gasteiger partial charge in [-0.05, 0) is 32.0 Å². The molecule has 1 aromatic carbocycles. The van der Waals surface area contributed by atoms with E-state index >= 15 is 0 Å². The minimum atomic E-state index is -1.03. The molecule has 0 bridgehead atoms. The maximum atomic E-state index is 13.2. The first-order valence-electron chi connectivity index (χ1n) is 7.24. The summed E-state index contributed by atoms with van der Waals surface area (Å²) in [7, 11) is 0. The fraction of sp³-hybridized carbons (Fsp3) is 0.188. The summed E-state index contributed by atoms with van der Waals surface area (Å²) in [6, 6.07) is 4.84. The first-order chi connectivity index (χ1) is 11.9. The van der Waals surface area contributed by atoms with Crippen LogP contribution in [0.15, 0.2) is 44.6 Å². The molecule has 0 saturated heterocycles. The SMILES string of the molecule is Cc1occc1-c1nnc(S[C@H](C)C(=O)Nc2ccc(F)c(F)c2)o1. The van der Waals surface area contributed by atoms with E-state index in [1.807, 2.05) is 0 Å². The lowest BCUT2D eigenvalue weighted by molar-refractivity contribution is -0.115. The summed E-state index contributed by atoms with van der Waals surface area (Å²) in [6.45, 7) is 3.40. The second-order valence-electron chi connectivity index (χ2n) is 5.14. The van der Waals surface area contributed by atoms with Gasteiger partial charge in [0.2, 0.25) is 5.91 Å². The number of aromatic nitrogens is 2. The van der Waals surface area contributed by atoms with Crippen molar-refractivity contribution >= 4 is 23.4 Å². The first kappa shape index (κ1) is 17.2. The number of nitrogens with one attached hydrogen (secondary N) is 1. The van der Waals surface area contributed by atoms with E-state index in [1.165, 1.54) is 12.3 Å². The number of aryl methyl sites for hydroxylation is 1. The smallest absolute Gasteiger partial charge is 0.277 e. The van der Waals surface area contributed by atoms with Crippen molar-refractivity contribution in [2.45, 2.75) is 24.3 Å². The summed E-state index contributed by atoms with van der Waals surface area (Å²) in [5.41, 5.74) is 0.842. The highest BCUT2D eigenvalue weighted by Gasteiger charge is 2.20. The molecule has 0 saturated carbocycles. The Labute approximate surface area is 145 Å². The highest BCUT2D eigenvalue weighted by atomic mass is 32.2. The third-order valence-electron chi connectivity index (χ3n) is 3.33. The van der Waals surface area contributed by atoms with Crippen LogP contribution in [0, 0.1) is 18.6 Å². The van der Waals surface area contributed by atoms with Crippen molar-refractivity contribution in [1.29, 1.82) is 0 Å². The molecule has 1 N–H and O–H groups in total. The molecule has 0 radical (unpaired) electrons. The summed E-state index contributed by atoms with van der Waals surface area (Å²) in [4.78, 5) is 12.1. The van der Waals surface area contributed by atoms with Crippen molar-refractivity contribution in [3.8, 4) is 11.5 Å². The van der Waals surface area contributed by atoms with Crippen LogP contribution in [0.1, 0.15) is 12.7 Å². The van der Waals surface area contributed by atoms with Crippen LogP contribution < -0.4 is 5.32 Å². The molecule has 0 aliphatic rings. The van der Waals surface area contributed by atoms with Gasteiger partial charge in [-0.25, -0.2) is 8.78 Å². The lowest BCUT2D eigenvalue weighted by atomic mass is 10.3. The fourth-order valence-electron chi connectivity index (χ4n) is 2.00. The van der Waals surface area contributed by atoms with Gasteiger partial charge in [0, 0.05) is 11.8 Å². The van der Waals surface area contributed by atoms with E-state index in [1.54, 1.807) is 19.9 Å². The van der Waals surface area contributed by atoms with Gasteiger partial charge in [-0.15, -0.1) is 10.2 Å². The molecule has 0 unspecified atom stereocenters. The number of nitrogens with zero attached hydrogens (tertiary/aromatic N) is 2. The summed E-state index contributed by atoms with van der Waals surface area (Å²) in [6.07, 6.45) is 1.51. The van der Waals surface area contributed by atoms with Gasteiger partial charge in [0.1, 0.15) is 5.76 Å². The minimum Gasteiger partial charge on any atom is -0.469 e. The van der Waals surface area contributed by atoms with Gasteiger partial charge in [0.15, 0.2) is 11.6 Å². The molecular weight excluding hydrogens is 352 g/mol. The van der Waals surface area contributed by atoms with Crippen LogP contribution in [0.5, 0.6) is 0 Å². The lowest BCUT2D eigenvalue weighted by Gasteiger charge is -2.10. The standard InChI is InChI=1S/C16H13F2N3O3S/c1-8-11(5-6-23-8)15-20-21-16(24-15)25-9(2)14(22)19-10-3-4-12(17)13(18)7-10/h3-7,9H,1-2H3,(H,19,22)/t9-/m1/s1. The van der Waals surface area contributed by atoms with E-state index in [9.17, 15) is 13.6 Å². The number of thioether (sulfide) groups is 1. The molecule has 0 aliphatic heterocycles. The second-order valence-corrected chi connectivity index (χ2v) is 6.43. The van der Waals surface area contributed by atoms with Gasteiger partial charge in [0.05, 0.1) is 17.1 Å². The normalized spacial score (nSPS) is 12.2. The van der Waals surface area contributed by atoms with Crippen LogP contribution in [0.2, 0.25) is 0 Å². The van der Waals surface area contributed by atoms with Crippen LogP contribution in [0.4, 0.5) is 14.5 Å². The van der Waals surface area contributed by atoms with E-state index in [2.05, 4.69) is 15.5 Å². The Bertz CT molecular complexity index is 910. The number of furan rings is 1. The summed E-state index contributed by atoms with van der Waals surface area (Å²) in [5.74, 6) is -1.48. The zero-order valence-corrected chi connectivity index (χ0v) is 14.1. The highest BCUT2D eigenvalue weighted by Crippen LogP contribution is 2.28. The van der Waals surface area contributed by atoms with Crippen LogP contribution in [0.25, 0.3) is 11.5 Å². The maximum Gasteiger partial charge on any atom is 0.277 e. The molecule has 0 aliphatic carbocycles. The van der Waals surface area contributed by atoms with Crippen LogP contribution >= 0.6 is 11.8 Å². The fourth-order valence-corrected chi connectivity index (χ4v) is 2.68. The van der Waals surface area contributed by atoms with Crippen molar-refractivity contribution in [1.82, 2.24) is 10.2 Å². The summed E-state index contributed by atoms with van der Waals surface area (Å²) < 4.78 is 36.8. The van der Waals surface area contributed by atoms with Gasteiger partial charge >= 0.3 is 0 Å². The van der Waals surface area contributed by atoms with Gasteiger partial charge < -0.3 is 14.2 Å². The molecule has 0 fully saturated rings. The topological polar surface area (TPSA) is 81.2 Å². The van der Waals surface area contributed by atoms with Crippen molar-refractivity contribution in [3.05, 3.63) is 47.9 Å². The lowest BCUT2D eigenvalue weighted by Crippen LogP contribution is -2.22. The molecule has 25 heavy (non-hydrogen) atoms. The predicted molar refractivity (Wildman–Crippen MR) is 87.0 cm³/mol. The van der Waals surface area contributed by atoms with Gasteiger partial charge in [0.25, 0.3) is 11.1 Å². The average molecular weight is 365 g/mol. The summed E-state index contributed by atoms with van der Waals surface area (Å²) >= 11 is 1.05. The quantitative estimate of drug-likeness (QED) is 0.688. The van der Waals surface area contributed by atoms with Gasteiger partial charge in [-0.1, -0.05) is 11.8 Å². The van der Waals surface area contributed by atoms with Crippen molar-refractivity contribution in [3.63, 3.8) is 0 Å². The first-order valence-corrected chi connectivity index (χ1v) is 8.12. The van der Waals surface area contributed by atoms with Crippen molar-refractivity contribution < 1.29 is 22.4 Å². The molecule has 0 spiro atoms. The Morgan fingerprint density at radius 2 is 2.04 bits per heavy atom. The molecule has 3 aromatic rings. The molecule has 2 heterocycles. The molecule has 130 valence electrons. The molecule has 1 atom stereocenters. The van der Waals surface area contributed by atoms with E-state index in [-0.39, 0.29) is 10.9 Å². The number of benzene rings is 1. The zero-order chi connectivity index (χ0) is 18.0. The van der Waals surface area contributed by atoms with Crippen molar-refractivity contribution in [2.24, 2.45) is 0 Å². The third kappa shape index (κ3) is 3.87. The maximum absolute atomic E-state index is 13.2. The molecule has 9 heteroatoms. The van der Waals surface area contributed by atoms with Gasteiger partial charge in [-0.3, -0.25) is 4.79 Å². The number of carbonyl (C=O) groups excluding carboxylic acids is 1. The Hall–Kier alpha value is -2.68. The second kappa shape index (κ2) is 7.06. The van der Waals surface area contributed by atoms with E-state index in [4.69, 9.17) is 8.83 Å². The monoisotopic (exact) mass is 365 g/mol. The molecular formula is C16H13F2N3O3S. The largest absolute Gasteiger partial charge is 0.469 e. The number of carbonyl (C=O) groups is 1. The molecule has 6 nitrogen and oxygen atoms in total. The number of hydrogen-bond donors (Lipinski definition) is 1. The molecule has 3 rings (SSSR count).